The minimum absolute atomic E-state index is 0.0846. The van der Waals surface area contributed by atoms with Crippen molar-refractivity contribution < 1.29 is 14.2 Å². The molecule has 0 aliphatic rings. The molecule has 0 saturated carbocycles. The van der Waals surface area contributed by atoms with Crippen LogP contribution in [0.2, 0.25) is 0 Å². The van der Waals surface area contributed by atoms with Crippen LogP contribution < -0.4 is 4.74 Å². The molecule has 2 rings (SSSR count). The molecule has 2 aromatic rings. The lowest BCUT2D eigenvalue weighted by atomic mass is 10.2. The Labute approximate surface area is 119 Å². The molecule has 0 unspecified atom stereocenters. The van der Waals surface area contributed by atoms with Crippen molar-refractivity contribution in [1.82, 2.24) is 4.98 Å². The third kappa shape index (κ3) is 3.75. The van der Waals surface area contributed by atoms with E-state index in [1.165, 1.54) is 12.1 Å². The Balaban J connectivity index is 2.31. The van der Waals surface area contributed by atoms with Gasteiger partial charge in [-0.05, 0) is 30.2 Å². The fraction of sp³-hybridized carbons (Fsp3) is 0.214. The predicted octanol–water partition coefficient (Wildman–Crippen LogP) is 3.83. The first-order chi connectivity index (χ1) is 9.10. The molecule has 0 saturated heterocycles. The number of aryl methyl sites for hydroxylation is 1. The van der Waals surface area contributed by atoms with Crippen LogP contribution in [0, 0.1) is 5.82 Å². The van der Waals surface area contributed by atoms with E-state index in [-0.39, 0.29) is 6.61 Å². The number of aliphatic hydroxyl groups excluding tert-OH is 1. The molecule has 1 aromatic carbocycles. The van der Waals surface area contributed by atoms with Crippen LogP contribution in [0.15, 0.2) is 34.8 Å². The molecule has 0 aliphatic carbocycles. The molecule has 0 radical (unpaired) electrons. The molecule has 3 nitrogen and oxygen atoms in total. The van der Waals surface area contributed by atoms with Crippen LogP contribution in [0.25, 0.3) is 0 Å². The summed E-state index contributed by atoms with van der Waals surface area (Å²) in [4.78, 5) is 4.28. The quantitative estimate of drug-likeness (QED) is 0.928. The number of hydrogen-bond acceptors (Lipinski definition) is 3. The minimum Gasteiger partial charge on any atom is -0.439 e. The highest BCUT2D eigenvalue weighted by molar-refractivity contribution is 9.10. The predicted molar refractivity (Wildman–Crippen MR) is 73.7 cm³/mol. The number of aromatic nitrogens is 1. The molecule has 0 aliphatic heterocycles. The number of pyridine rings is 1. The van der Waals surface area contributed by atoms with Crippen molar-refractivity contribution >= 4 is 15.9 Å². The summed E-state index contributed by atoms with van der Waals surface area (Å²) in [5.74, 6) is 0.316. The molecule has 100 valence electrons. The minimum atomic E-state index is -0.390. The van der Waals surface area contributed by atoms with Crippen molar-refractivity contribution in [2.24, 2.45) is 0 Å². The highest BCUT2D eigenvalue weighted by Crippen LogP contribution is 2.25. The zero-order valence-electron chi connectivity index (χ0n) is 10.4. The molecular weight excluding hydrogens is 313 g/mol. The standard InChI is InChI=1S/C14H13BrFNO2/c1-2-12-3-9(8-18)4-14(17-12)19-13-6-10(15)5-11(16)7-13/h3-7,18H,2,8H2,1H3. The Bertz CT molecular complexity index is 547. The van der Waals surface area contributed by atoms with Gasteiger partial charge in [0.15, 0.2) is 0 Å². The van der Waals surface area contributed by atoms with Gasteiger partial charge in [0.25, 0.3) is 0 Å². The Hall–Kier alpha value is -1.46. The van der Waals surface area contributed by atoms with E-state index in [0.29, 0.717) is 16.1 Å². The lowest BCUT2D eigenvalue weighted by Crippen LogP contribution is -1.96. The number of ether oxygens (including phenoxy) is 1. The largest absolute Gasteiger partial charge is 0.439 e. The van der Waals surface area contributed by atoms with Crippen LogP contribution in [-0.2, 0) is 13.0 Å². The first-order valence-corrected chi connectivity index (χ1v) is 6.64. The first kappa shape index (κ1) is 14.0. The summed E-state index contributed by atoms with van der Waals surface area (Å²) in [6.07, 6.45) is 0.733. The fourth-order valence-electron chi connectivity index (χ4n) is 1.65. The maximum atomic E-state index is 13.3. The molecule has 1 N–H and O–H groups in total. The smallest absolute Gasteiger partial charge is 0.219 e. The van der Waals surface area contributed by atoms with Gasteiger partial charge in [0, 0.05) is 22.3 Å². The van der Waals surface area contributed by atoms with Crippen molar-refractivity contribution in [3.63, 3.8) is 0 Å². The van der Waals surface area contributed by atoms with Gasteiger partial charge in [0.2, 0.25) is 5.88 Å². The first-order valence-electron chi connectivity index (χ1n) is 5.85. The number of nitrogens with zero attached hydrogens (tertiary/aromatic N) is 1. The van der Waals surface area contributed by atoms with Crippen LogP contribution in [0.4, 0.5) is 4.39 Å². The number of benzene rings is 1. The van der Waals surface area contributed by atoms with E-state index in [9.17, 15) is 9.50 Å². The van der Waals surface area contributed by atoms with Crippen LogP contribution in [-0.4, -0.2) is 10.1 Å². The van der Waals surface area contributed by atoms with Gasteiger partial charge < -0.3 is 9.84 Å². The zero-order valence-corrected chi connectivity index (χ0v) is 11.9. The van der Waals surface area contributed by atoms with E-state index in [1.54, 1.807) is 12.1 Å². The molecule has 5 heteroatoms. The van der Waals surface area contributed by atoms with E-state index in [1.807, 2.05) is 13.0 Å². The SMILES string of the molecule is CCc1cc(CO)cc(Oc2cc(F)cc(Br)c2)n1. The zero-order chi connectivity index (χ0) is 13.8. The lowest BCUT2D eigenvalue weighted by Gasteiger charge is -2.08. The number of hydrogen-bond donors (Lipinski definition) is 1. The highest BCUT2D eigenvalue weighted by Gasteiger charge is 2.06. The summed E-state index contributed by atoms with van der Waals surface area (Å²) >= 11 is 3.20. The van der Waals surface area contributed by atoms with Crippen LogP contribution in [0.3, 0.4) is 0 Å². The average Bonchev–Trinajstić information content (AvgIpc) is 2.37. The maximum Gasteiger partial charge on any atom is 0.219 e. The molecule has 0 bridgehead atoms. The summed E-state index contributed by atoms with van der Waals surface area (Å²) < 4.78 is 19.4. The number of halogens is 2. The fourth-order valence-corrected chi connectivity index (χ4v) is 2.10. The van der Waals surface area contributed by atoms with Crippen molar-refractivity contribution in [2.75, 3.05) is 0 Å². The molecular formula is C14H13BrFNO2. The van der Waals surface area contributed by atoms with Gasteiger partial charge >= 0.3 is 0 Å². The maximum absolute atomic E-state index is 13.3. The van der Waals surface area contributed by atoms with Crippen molar-refractivity contribution in [3.8, 4) is 11.6 Å². The Kier molecular flexibility index (Phi) is 4.50. The third-order valence-electron chi connectivity index (χ3n) is 2.52. The Morgan fingerprint density at radius 2 is 2.05 bits per heavy atom. The van der Waals surface area contributed by atoms with E-state index in [4.69, 9.17) is 4.74 Å². The normalized spacial score (nSPS) is 10.5. The van der Waals surface area contributed by atoms with Gasteiger partial charge in [-0.15, -0.1) is 0 Å². The van der Waals surface area contributed by atoms with Gasteiger partial charge in [-0.1, -0.05) is 22.9 Å². The van der Waals surface area contributed by atoms with E-state index in [0.717, 1.165) is 17.7 Å². The molecule has 0 atom stereocenters. The van der Waals surface area contributed by atoms with E-state index in [2.05, 4.69) is 20.9 Å². The topological polar surface area (TPSA) is 42.4 Å². The van der Waals surface area contributed by atoms with Crippen molar-refractivity contribution in [2.45, 2.75) is 20.0 Å². The van der Waals surface area contributed by atoms with Gasteiger partial charge in [-0.2, -0.15) is 0 Å². The van der Waals surface area contributed by atoms with Gasteiger partial charge in [-0.3, -0.25) is 0 Å². The second kappa shape index (κ2) is 6.12. The molecule has 19 heavy (non-hydrogen) atoms. The molecule has 1 heterocycles. The second-order valence-corrected chi connectivity index (χ2v) is 4.94. The summed E-state index contributed by atoms with van der Waals surface area (Å²) in [5, 5.41) is 9.19. The summed E-state index contributed by atoms with van der Waals surface area (Å²) in [5.41, 5.74) is 1.54. The van der Waals surface area contributed by atoms with Gasteiger partial charge in [-0.25, -0.2) is 9.37 Å². The van der Waals surface area contributed by atoms with Crippen LogP contribution in [0.5, 0.6) is 11.6 Å². The lowest BCUT2D eigenvalue weighted by molar-refractivity contribution is 0.281. The second-order valence-electron chi connectivity index (χ2n) is 4.02. The molecule has 1 aromatic heterocycles. The van der Waals surface area contributed by atoms with E-state index >= 15 is 0 Å². The Morgan fingerprint density at radius 1 is 1.26 bits per heavy atom. The monoisotopic (exact) mass is 325 g/mol. The third-order valence-corrected chi connectivity index (χ3v) is 2.98. The van der Waals surface area contributed by atoms with Crippen LogP contribution in [0.1, 0.15) is 18.2 Å². The summed E-state index contributed by atoms with van der Waals surface area (Å²) in [6.45, 7) is 1.88. The van der Waals surface area contributed by atoms with Crippen LogP contribution >= 0.6 is 15.9 Å². The van der Waals surface area contributed by atoms with Gasteiger partial charge in [0.1, 0.15) is 11.6 Å². The molecule has 0 spiro atoms. The molecule has 0 amide bonds. The van der Waals surface area contributed by atoms with Crippen molar-refractivity contribution in [3.05, 3.63) is 51.9 Å². The summed E-state index contributed by atoms with van der Waals surface area (Å²) in [7, 11) is 0. The van der Waals surface area contributed by atoms with E-state index < -0.39 is 5.82 Å². The highest BCUT2D eigenvalue weighted by atomic mass is 79.9. The Morgan fingerprint density at radius 3 is 2.68 bits per heavy atom. The number of aliphatic hydroxyl groups is 1. The van der Waals surface area contributed by atoms with Crippen molar-refractivity contribution in [1.29, 1.82) is 0 Å². The van der Waals surface area contributed by atoms with Gasteiger partial charge in [0.05, 0.1) is 6.61 Å². The number of rotatable bonds is 4. The summed E-state index contributed by atoms with van der Waals surface area (Å²) in [6, 6.07) is 7.74. The molecule has 0 fully saturated rings. The average molecular weight is 326 g/mol.